The summed E-state index contributed by atoms with van der Waals surface area (Å²) in [7, 11) is 0. The highest BCUT2D eigenvalue weighted by molar-refractivity contribution is 5.99. The molecule has 2 heterocycles. The summed E-state index contributed by atoms with van der Waals surface area (Å²) in [5.41, 5.74) is 4.03. The number of hydrazine groups is 2. The molecule has 1 fully saturated rings. The lowest BCUT2D eigenvalue weighted by molar-refractivity contribution is -0.118. The first-order valence-corrected chi connectivity index (χ1v) is 3.93. The minimum absolute atomic E-state index is 0.142. The standard InChI is InChI=1S/C8H10N4O/c9-12-5-6(8(13)11-12)4-7-2-1-3-10-7/h1-4,10H,5,9H2,(H,11,13). The molecule has 1 amide bonds. The van der Waals surface area contributed by atoms with E-state index in [9.17, 15) is 4.79 Å². The van der Waals surface area contributed by atoms with Gasteiger partial charge < -0.3 is 4.98 Å². The van der Waals surface area contributed by atoms with Crippen molar-refractivity contribution < 1.29 is 4.79 Å². The van der Waals surface area contributed by atoms with Gasteiger partial charge in [0.1, 0.15) is 0 Å². The van der Waals surface area contributed by atoms with Crippen molar-refractivity contribution in [2.24, 2.45) is 5.84 Å². The van der Waals surface area contributed by atoms with Crippen LogP contribution in [-0.2, 0) is 4.79 Å². The monoisotopic (exact) mass is 178 g/mol. The van der Waals surface area contributed by atoms with Gasteiger partial charge in [-0.3, -0.25) is 16.1 Å². The second-order valence-corrected chi connectivity index (χ2v) is 2.86. The summed E-state index contributed by atoms with van der Waals surface area (Å²) in [6.45, 7) is 0.428. The molecular formula is C8H10N4O. The molecule has 5 nitrogen and oxygen atoms in total. The van der Waals surface area contributed by atoms with Crippen molar-refractivity contribution in [3.05, 3.63) is 29.6 Å². The van der Waals surface area contributed by atoms with Crippen LogP contribution in [0.5, 0.6) is 0 Å². The van der Waals surface area contributed by atoms with Crippen LogP contribution in [-0.4, -0.2) is 22.6 Å². The molecule has 0 radical (unpaired) electrons. The number of carbonyl (C=O) groups is 1. The van der Waals surface area contributed by atoms with Crippen LogP contribution in [0, 0.1) is 0 Å². The van der Waals surface area contributed by atoms with E-state index in [1.807, 2.05) is 12.1 Å². The minimum atomic E-state index is -0.142. The van der Waals surface area contributed by atoms with Crippen molar-refractivity contribution >= 4 is 12.0 Å². The van der Waals surface area contributed by atoms with Gasteiger partial charge in [-0.25, -0.2) is 0 Å². The lowest BCUT2D eigenvalue weighted by atomic mass is 10.2. The predicted octanol–water partition coefficient (Wildman–Crippen LogP) is -0.381. The van der Waals surface area contributed by atoms with Crippen molar-refractivity contribution in [3.63, 3.8) is 0 Å². The van der Waals surface area contributed by atoms with Gasteiger partial charge in [0.05, 0.1) is 6.54 Å². The first-order valence-electron chi connectivity index (χ1n) is 3.93. The molecule has 2 rings (SSSR count). The van der Waals surface area contributed by atoms with Gasteiger partial charge in [0.25, 0.3) is 5.91 Å². The van der Waals surface area contributed by atoms with Crippen LogP contribution < -0.4 is 11.3 Å². The Bertz CT molecular complexity index is 341. The minimum Gasteiger partial charge on any atom is -0.362 e. The van der Waals surface area contributed by atoms with Crippen LogP contribution in [0.4, 0.5) is 0 Å². The third kappa shape index (κ3) is 1.61. The van der Waals surface area contributed by atoms with Crippen molar-refractivity contribution in [3.8, 4) is 0 Å². The number of nitrogens with one attached hydrogen (secondary N) is 2. The van der Waals surface area contributed by atoms with E-state index >= 15 is 0 Å². The molecule has 1 aromatic rings. The smallest absolute Gasteiger partial charge is 0.264 e. The van der Waals surface area contributed by atoms with Gasteiger partial charge in [0.2, 0.25) is 0 Å². The quantitative estimate of drug-likeness (QED) is 0.405. The van der Waals surface area contributed by atoms with Crippen molar-refractivity contribution in [1.82, 2.24) is 15.5 Å². The fourth-order valence-electron chi connectivity index (χ4n) is 1.23. The van der Waals surface area contributed by atoms with Crippen LogP contribution in [0.15, 0.2) is 23.9 Å². The Kier molecular flexibility index (Phi) is 1.88. The Labute approximate surface area is 75.2 Å². The van der Waals surface area contributed by atoms with E-state index in [1.54, 1.807) is 12.3 Å². The predicted molar refractivity (Wildman–Crippen MR) is 47.8 cm³/mol. The molecule has 0 aliphatic carbocycles. The highest BCUT2D eigenvalue weighted by Crippen LogP contribution is 2.08. The Morgan fingerprint density at radius 2 is 2.46 bits per heavy atom. The highest BCUT2D eigenvalue weighted by Gasteiger charge is 2.21. The zero-order valence-corrected chi connectivity index (χ0v) is 6.95. The number of nitrogens with two attached hydrogens (primary N) is 1. The molecule has 4 N–H and O–H groups in total. The molecule has 0 bridgehead atoms. The fourth-order valence-corrected chi connectivity index (χ4v) is 1.23. The molecule has 68 valence electrons. The molecular weight excluding hydrogens is 168 g/mol. The Morgan fingerprint density at radius 1 is 1.62 bits per heavy atom. The van der Waals surface area contributed by atoms with Crippen LogP contribution in [0.2, 0.25) is 0 Å². The second-order valence-electron chi connectivity index (χ2n) is 2.86. The number of hydrogen-bond acceptors (Lipinski definition) is 3. The Morgan fingerprint density at radius 3 is 3.00 bits per heavy atom. The van der Waals surface area contributed by atoms with Crippen LogP contribution in [0.3, 0.4) is 0 Å². The lowest BCUT2D eigenvalue weighted by Gasteiger charge is -2.02. The van der Waals surface area contributed by atoms with E-state index in [0.717, 1.165) is 5.69 Å². The third-order valence-corrected chi connectivity index (χ3v) is 1.83. The maximum atomic E-state index is 11.2. The summed E-state index contributed by atoms with van der Waals surface area (Å²) in [6.07, 6.45) is 3.58. The fraction of sp³-hybridized carbons (Fsp3) is 0.125. The summed E-state index contributed by atoms with van der Waals surface area (Å²) < 4.78 is 0. The van der Waals surface area contributed by atoms with Gasteiger partial charge in [-0.05, 0) is 18.2 Å². The zero-order chi connectivity index (χ0) is 9.26. The van der Waals surface area contributed by atoms with Crippen LogP contribution in [0.1, 0.15) is 5.69 Å². The molecule has 0 spiro atoms. The van der Waals surface area contributed by atoms with Gasteiger partial charge in [0.15, 0.2) is 0 Å². The first-order chi connectivity index (χ1) is 6.25. The molecule has 0 atom stereocenters. The number of carbonyl (C=O) groups excluding carboxylic acids is 1. The van der Waals surface area contributed by atoms with E-state index in [2.05, 4.69) is 10.4 Å². The van der Waals surface area contributed by atoms with Crippen LogP contribution >= 0.6 is 0 Å². The number of hydrogen-bond donors (Lipinski definition) is 3. The zero-order valence-electron chi connectivity index (χ0n) is 6.95. The normalized spacial score (nSPS) is 21.0. The number of rotatable bonds is 1. The van der Waals surface area contributed by atoms with Gasteiger partial charge in [-0.15, -0.1) is 0 Å². The number of nitrogens with zero attached hydrogens (tertiary/aromatic N) is 1. The molecule has 13 heavy (non-hydrogen) atoms. The summed E-state index contributed by atoms with van der Waals surface area (Å²) >= 11 is 0. The molecule has 1 saturated heterocycles. The van der Waals surface area contributed by atoms with Crippen LogP contribution in [0.25, 0.3) is 6.08 Å². The highest BCUT2D eigenvalue weighted by atomic mass is 16.2. The van der Waals surface area contributed by atoms with Gasteiger partial charge in [0, 0.05) is 17.5 Å². The SMILES string of the molecule is NN1CC(=Cc2ccc[nH]2)C(=O)N1. The Balaban J connectivity index is 2.22. The van der Waals surface area contributed by atoms with E-state index in [-0.39, 0.29) is 5.91 Å². The van der Waals surface area contributed by atoms with Crippen molar-refractivity contribution in [2.75, 3.05) is 6.54 Å². The lowest BCUT2D eigenvalue weighted by Crippen LogP contribution is -2.38. The van der Waals surface area contributed by atoms with E-state index in [4.69, 9.17) is 5.84 Å². The number of amides is 1. The molecule has 0 aromatic carbocycles. The maximum Gasteiger partial charge on any atom is 0.264 e. The molecule has 0 saturated carbocycles. The third-order valence-electron chi connectivity index (χ3n) is 1.83. The summed E-state index contributed by atoms with van der Waals surface area (Å²) in [5.74, 6) is 5.25. The number of aromatic amines is 1. The van der Waals surface area contributed by atoms with E-state index in [0.29, 0.717) is 12.1 Å². The number of H-pyrrole nitrogens is 1. The van der Waals surface area contributed by atoms with E-state index in [1.165, 1.54) is 5.12 Å². The molecule has 0 unspecified atom stereocenters. The molecule has 1 aromatic heterocycles. The van der Waals surface area contributed by atoms with Crippen molar-refractivity contribution in [1.29, 1.82) is 0 Å². The summed E-state index contributed by atoms with van der Waals surface area (Å²) in [6, 6.07) is 3.76. The molecule has 1 aliphatic heterocycles. The van der Waals surface area contributed by atoms with Crippen molar-refractivity contribution in [2.45, 2.75) is 0 Å². The number of aromatic nitrogens is 1. The summed E-state index contributed by atoms with van der Waals surface area (Å²) in [5, 5.41) is 1.26. The van der Waals surface area contributed by atoms with Gasteiger partial charge in [-0.2, -0.15) is 5.12 Å². The Hall–Kier alpha value is -1.59. The molecule has 1 aliphatic rings. The largest absolute Gasteiger partial charge is 0.362 e. The first kappa shape index (κ1) is 8.03. The average molecular weight is 178 g/mol. The van der Waals surface area contributed by atoms with Gasteiger partial charge in [-0.1, -0.05) is 0 Å². The average Bonchev–Trinajstić information content (AvgIpc) is 2.63. The summed E-state index contributed by atoms with van der Waals surface area (Å²) in [4.78, 5) is 14.2. The van der Waals surface area contributed by atoms with Gasteiger partial charge >= 0.3 is 0 Å². The topological polar surface area (TPSA) is 74.1 Å². The van der Waals surface area contributed by atoms with E-state index < -0.39 is 0 Å². The maximum absolute atomic E-state index is 11.2. The molecule has 5 heteroatoms. The second kappa shape index (κ2) is 3.04.